The number of rotatable bonds is 1. The summed E-state index contributed by atoms with van der Waals surface area (Å²) in [6.07, 6.45) is 6.94. The van der Waals surface area contributed by atoms with Gasteiger partial charge in [0.2, 0.25) is 0 Å². The summed E-state index contributed by atoms with van der Waals surface area (Å²) in [5, 5.41) is 4.09. The fourth-order valence-electron chi connectivity index (χ4n) is 1.53. The minimum atomic E-state index is 0.266. The number of halogens is 1. The molecule has 0 saturated carbocycles. The van der Waals surface area contributed by atoms with Crippen molar-refractivity contribution < 1.29 is 0 Å². The van der Waals surface area contributed by atoms with Crippen LogP contribution in [0.1, 0.15) is 13.3 Å². The third-order valence-electron chi connectivity index (χ3n) is 2.18. The van der Waals surface area contributed by atoms with Crippen LogP contribution in [0.15, 0.2) is 27.9 Å². The minimum absolute atomic E-state index is 0.266. The van der Waals surface area contributed by atoms with Gasteiger partial charge in [-0.2, -0.15) is 0 Å². The van der Waals surface area contributed by atoms with Crippen LogP contribution in [0.5, 0.6) is 0 Å². The van der Waals surface area contributed by atoms with Gasteiger partial charge in [-0.25, -0.2) is 0 Å². The molecule has 2 unspecified atom stereocenters. The van der Waals surface area contributed by atoms with E-state index in [1.165, 1.54) is 5.70 Å². The van der Waals surface area contributed by atoms with E-state index >= 15 is 0 Å². The molecular formula is C9H11ClN2. The molecule has 0 aromatic heterocycles. The molecule has 0 aromatic rings. The highest BCUT2D eigenvalue weighted by atomic mass is 35.5. The summed E-state index contributed by atoms with van der Waals surface area (Å²) in [5.74, 6) is 0. The molecule has 2 aliphatic heterocycles. The molecule has 2 nitrogen and oxygen atoms in total. The summed E-state index contributed by atoms with van der Waals surface area (Å²) in [7, 11) is 0. The maximum absolute atomic E-state index is 5.82. The zero-order valence-corrected chi connectivity index (χ0v) is 7.67. The summed E-state index contributed by atoms with van der Waals surface area (Å²) in [5.41, 5.74) is 1.27. The Morgan fingerprint density at radius 3 is 3.17 bits per heavy atom. The lowest BCUT2D eigenvalue weighted by atomic mass is 10.1. The van der Waals surface area contributed by atoms with Crippen LogP contribution in [0, 0.1) is 0 Å². The Hall–Kier alpha value is -0.760. The summed E-state index contributed by atoms with van der Waals surface area (Å²) in [6, 6.07) is 0.555. The first-order chi connectivity index (χ1) is 5.79. The number of allylic oxidation sites excluding steroid dienone is 2. The normalized spacial score (nSPS) is 32.2. The molecule has 0 bridgehead atoms. The highest BCUT2D eigenvalue weighted by Gasteiger charge is 2.25. The van der Waals surface area contributed by atoms with Gasteiger partial charge in [-0.15, -0.1) is 0 Å². The van der Waals surface area contributed by atoms with Gasteiger partial charge in [0.15, 0.2) is 0 Å². The second-order valence-electron chi connectivity index (χ2n) is 3.04. The number of nitrogens with one attached hydrogen (secondary N) is 1. The Kier molecular flexibility index (Phi) is 1.93. The van der Waals surface area contributed by atoms with Crippen molar-refractivity contribution >= 4 is 17.8 Å². The van der Waals surface area contributed by atoms with Crippen molar-refractivity contribution in [3.05, 3.63) is 22.9 Å². The molecular weight excluding hydrogens is 172 g/mol. The van der Waals surface area contributed by atoms with Gasteiger partial charge in [-0.3, -0.25) is 4.99 Å². The zero-order valence-electron chi connectivity index (χ0n) is 6.92. The van der Waals surface area contributed by atoms with Crippen molar-refractivity contribution in [1.82, 2.24) is 5.32 Å². The molecule has 0 aromatic carbocycles. The topological polar surface area (TPSA) is 24.4 Å². The average Bonchev–Trinajstić information content (AvgIpc) is 2.46. The quantitative estimate of drug-likeness (QED) is 0.658. The summed E-state index contributed by atoms with van der Waals surface area (Å²) in [4.78, 5) is 4.31. The predicted octanol–water partition coefficient (Wildman–Crippen LogP) is 1.83. The molecule has 3 heteroatoms. The van der Waals surface area contributed by atoms with E-state index in [1.807, 2.05) is 6.08 Å². The SMILES string of the molecule is CCC1=CC2N=CC(Cl)=CC2N1. The van der Waals surface area contributed by atoms with Crippen molar-refractivity contribution in [2.24, 2.45) is 4.99 Å². The van der Waals surface area contributed by atoms with Crippen LogP contribution in [0.3, 0.4) is 0 Å². The van der Waals surface area contributed by atoms with E-state index in [2.05, 4.69) is 23.3 Å². The van der Waals surface area contributed by atoms with E-state index in [0.29, 0.717) is 0 Å². The molecule has 0 saturated heterocycles. The molecule has 0 aliphatic carbocycles. The predicted molar refractivity (Wildman–Crippen MR) is 51.5 cm³/mol. The van der Waals surface area contributed by atoms with E-state index in [-0.39, 0.29) is 12.1 Å². The molecule has 0 amide bonds. The lowest BCUT2D eigenvalue weighted by Gasteiger charge is -2.16. The highest BCUT2D eigenvalue weighted by Crippen LogP contribution is 2.21. The van der Waals surface area contributed by atoms with Gasteiger partial charge < -0.3 is 5.32 Å². The second kappa shape index (κ2) is 2.94. The van der Waals surface area contributed by atoms with Crippen LogP contribution in [0.4, 0.5) is 0 Å². The Morgan fingerprint density at radius 2 is 2.42 bits per heavy atom. The van der Waals surface area contributed by atoms with Crippen molar-refractivity contribution in [1.29, 1.82) is 0 Å². The number of fused-ring (bicyclic) bond motifs is 1. The van der Waals surface area contributed by atoms with Crippen LogP contribution in [0.25, 0.3) is 0 Å². The molecule has 0 fully saturated rings. The Labute approximate surface area is 77.0 Å². The number of hydrogen-bond donors (Lipinski definition) is 1. The largest absolute Gasteiger partial charge is 0.380 e. The van der Waals surface area contributed by atoms with Gasteiger partial charge in [0.1, 0.15) is 0 Å². The summed E-state index contributed by atoms with van der Waals surface area (Å²) in [6.45, 7) is 2.13. The number of dihydropyridines is 1. The first-order valence-electron chi connectivity index (χ1n) is 4.17. The van der Waals surface area contributed by atoms with Crippen molar-refractivity contribution in [3.63, 3.8) is 0 Å². The van der Waals surface area contributed by atoms with E-state index in [4.69, 9.17) is 11.6 Å². The lowest BCUT2D eigenvalue weighted by molar-refractivity contribution is 0.646. The van der Waals surface area contributed by atoms with Gasteiger partial charge in [0, 0.05) is 11.9 Å². The fourth-order valence-corrected chi connectivity index (χ4v) is 1.72. The van der Waals surface area contributed by atoms with E-state index in [0.717, 1.165) is 11.5 Å². The molecule has 64 valence electrons. The van der Waals surface area contributed by atoms with Crippen LogP contribution in [-0.2, 0) is 0 Å². The van der Waals surface area contributed by atoms with Gasteiger partial charge >= 0.3 is 0 Å². The summed E-state index contributed by atoms with van der Waals surface area (Å²) >= 11 is 5.82. The standard InChI is InChI=1S/C9H11ClN2/c1-2-7-4-8-9(12-7)3-6(10)5-11-8/h3-5,8-9,12H,2H2,1H3. The van der Waals surface area contributed by atoms with Crippen molar-refractivity contribution in [2.45, 2.75) is 25.4 Å². The van der Waals surface area contributed by atoms with Gasteiger partial charge in [0.05, 0.1) is 17.1 Å². The molecule has 2 aliphatic rings. The maximum atomic E-state index is 5.82. The number of aliphatic imine (C=N–C) groups is 1. The second-order valence-corrected chi connectivity index (χ2v) is 3.47. The highest BCUT2D eigenvalue weighted by molar-refractivity contribution is 6.39. The first-order valence-corrected chi connectivity index (χ1v) is 4.55. The van der Waals surface area contributed by atoms with Crippen molar-refractivity contribution in [3.8, 4) is 0 Å². The van der Waals surface area contributed by atoms with Crippen LogP contribution in [-0.4, -0.2) is 18.3 Å². The van der Waals surface area contributed by atoms with Crippen molar-refractivity contribution in [2.75, 3.05) is 0 Å². The van der Waals surface area contributed by atoms with E-state index < -0.39 is 0 Å². The monoisotopic (exact) mass is 182 g/mol. The summed E-state index contributed by atoms with van der Waals surface area (Å²) < 4.78 is 0. The molecule has 0 radical (unpaired) electrons. The fraction of sp³-hybridized carbons (Fsp3) is 0.444. The minimum Gasteiger partial charge on any atom is -0.380 e. The smallest absolute Gasteiger partial charge is 0.0937 e. The maximum Gasteiger partial charge on any atom is 0.0937 e. The molecule has 2 atom stereocenters. The Bertz CT molecular complexity index is 278. The van der Waals surface area contributed by atoms with Crippen LogP contribution < -0.4 is 5.32 Å². The average molecular weight is 183 g/mol. The third kappa shape index (κ3) is 1.27. The zero-order chi connectivity index (χ0) is 8.55. The number of nitrogens with zero attached hydrogens (tertiary/aromatic N) is 1. The van der Waals surface area contributed by atoms with Crippen LogP contribution in [0.2, 0.25) is 0 Å². The van der Waals surface area contributed by atoms with Gasteiger partial charge in [-0.05, 0) is 18.6 Å². The Morgan fingerprint density at radius 1 is 1.58 bits per heavy atom. The number of hydrogen-bond acceptors (Lipinski definition) is 2. The van der Waals surface area contributed by atoms with E-state index in [1.54, 1.807) is 6.21 Å². The third-order valence-corrected chi connectivity index (χ3v) is 2.41. The molecule has 0 spiro atoms. The van der Waals surface area contributed by atoms with Gasteiger partial charge in [0.25, 0.3) is 0 Å². The van der Waals surface area contributed by atoms with Crippen LogP contribution >= 0.6 is 11.6 Å². The lowest BCUT2D eigenvalue weighted by Crippen LogP contribution is -2.30. The molecule has 12 heavy (non-hydrogen) atoms. The van der Waals surface area contributed by atoms with Gasteiger partial charge in [-0.1, -0.05) is 18.5 Å². The van der Waals surface area contributed by atoms with E-state index in [9.17, 15) is 0 Å². The Balaban J connectivity index is 2.18. The first kappa shape index (κ1) is 7.87. The molecule has 1 N–H and O–H groups in total. The molecule has 2 rings (SSSR count). The molecule has 2 heterocycles.